The van der Waals surface area contributed by atoms with Gasteiger partial charge in [-0.25, -0.2) is 0 Å². The fourth-order valence-electron chi connectivity index (χ4n) is 13.0. The van der Waals surface area contributed by atoms with Gasteiger partial charge in [0.15, 0.2) is 24.6 Å². The van der Waals surface area contributed by atoms with Gasteiger partial charge in [0.25, 0.3) is 0 Å². The molecule has 14 atom stereocenters. The number of hydrogen-bond acceptors (Lipinski definition) is 17. The van der Waals surface area contributed by atoms with Gasteiger partial charge in [0.1, 0.15) is 24.9 Å². The molecule has 4 rings (SSSR count). The van der Waals surface area contributed by atoms with Gasteiger partial charge < -0.3 is 47.9 Å². The molecule has 4 unspecified atom stereocenters. The molecule has 4 aliphatic rings. The largest absolute Gasteiger partial charge is 0.468 e. The third-order valence-corrected chi connectivity index (χ3v) is 16.2. The molecule has 4 fully saturated rings. The van der Waals surface area contributed by atoms with Gasteiger partial charge in [-0.3, -0.25) is 33.6 Å². The van der Waals surface area contributed by atoms with Crippen molar-refractivity contribution in [1.29, 1.82) is 0 Å². The van der Waals surface area contributed by atoms with Crippen LogP contribution in [0.15, 0.2) is 0 Å². The predicted octanol–water partition coefficient (Wildman–Crippen LogP) is 6.57. The average Bonchev–Trinajstić information content (AvgIpc) is 3.56. The minimum atomic E-state index is -1.46. The lowest BCUT2D eigenvalue weighted by atomic mass is 9.42. The van der Waals surface area contributed by atoms with Crippen LogP contribution in [0.5, 0.6) is 0 Å². The van der Waals surface area contributed by atoms with E-state index in [-0.39, 0.29) is 58.6 Å². The van der Waals surface area contributed by atoms with Crippen LogP contribution in [0.1, 0.15) is 155 Å². The molecule has 3 aliphatic carbocycles. The number of nitrogens with one attached hydrogen (secondary N) is 1. The van der Waals surface area contributed by atoms with E-state index in [9.17, 15) is 33.6 Å². The fraction of sp³-hybridized carbons (Fsp3) is 0.860. The first-order valence-corrected chi connectivity index (χ1v) is 24.1. The summed E-state index contributed by atoms with van der Waals surface area (Å²) < 4.78 is 53.5. The Morgan fingerprint density at radius 3 is 1.82 bits per heavy atom. The van der Waals surface area contributed by atoms with Crippen molar-refractivity contribution >= 4 is 41.8 Å². The number of fused-ring (bicyclic) bond motifs is 1. The van der Waals surface area contributed by atoms with Crippen LogP contribution in [-0.2, 0) is 76.2 Å². The first kappa shape index (κ1) is 55.8. The summed E-state index contributed by atoms with van der Waals surface area (Å²) in [7, 11) is 1.35. The number of ether oxygens (including phenoxy) is 9. The molecule has 0 radical (unpaired) electrons. The summed E-state index contributed by atoms with van der Waals surface area (Å²) in [6, 6.07) is -0.575. The van der Waals surface area contributed by atoms with E-state index < -0.39 is 84.2 Å². The van der Waals surface area contributed by atoms with Gasteiger partial charge in [-0.2, -0.15) is 0 Å². The van der Waals surface area contributed by atoms with Crippen molar-refractivity contribution in [2.75, 3.05) is 26.9 Å². The second-order valence-electron chi connectivity index (χ2n) is 21.7. The third-order valence-electron chi connectivity index (χ3n) is 16.2. The Balaban J connectivity index is 1.84. The van der Waals surface area contributed by atoms with Crippen LogP contribution in [0.25, 0.3) is 0 Å². The third kappa shape index (κ3) is 12.9. The number of esters is 7. The second kappa shape index (κ2) is 22.3. The first-order chi connectivity index (χ1) is 31.0. The van der Waals surface area contributed by atoms with E-state index in [1.807, 2.05) is 20.8 Å². The van der Waals surface area contributed by atoms with Gasteiger partial charge in [0, 0.05) is 52.9 Å². The highest BCUT2D eigenvalue weighted by Crippen LogP contribution is 2.70. The molecule has 0 aromatic rings. The highest BCUT2D eigenvalue weighted by molar-refractivity contribution is 5.76. The molecule has 1 heterocycles. The standard InChI is InChI=1S/C50H81NO16/c1-28(2)40(44(58)59-15)51-24-16-20-50(14,67-45-43(65-34(8)57)42(64-33(7)56)41(63-32(6)55)37(66-45)26-61-30(4)53)35-17-23-49(13,36(35)25-60-29(3)52)48(12)22-18-38-46(9,10)39(62-31(5)54)19-21-47(38,11)27-48/h28,35-43,45,51H,16-27H2,1-15H3/t35?,36-,37-,38?,39+,40+,41-,42+,43?,45-,47-,48-,49-,50?/m1/s1. The SMILES string of the molecule is COC(=O)[C@@H](NCCCC(C)(O[C@H]1O[C@H](COC(C)=O)[C@@H](OC(C)=O)[C@H](OC(C)=O)C1OC(C)=O)C1CC[C@@](C)([C@]2(C)CCC3C(C)(C)[C@@H](OC(C)=O)CC[C@]3(C)C2)[C@@H]1COC(C)=O)C(C)C. The zero-order valence-corrected chi connectivity index (χ0v) is 42.9. The number of rotatable bonds is 19. The van der Waals surface area contributed by atoms with Gasteiger partial charge >= 0.3 is 41.8 Å². The predicted molar refractivity (Wildman–Crippen MR) is 242 cm³/mol. The maximum Gasteiger partial charge on any atom is 0.323 e. The molecule has 0 aromatic heterocycles. The molecule has 382 valence electrons. The van der Waals surface area contributed by atoms with Crippen molar-refractivity contribution in [1.82, 2.24) is 5.32 Å². The van der Waals surface area contributed by atoms with Gasteiger partial charge in [-0.1, -0.05) is 48.5 Å². The number of carbonyl (C=O) groups excluding carboxylic acids is 7. The zero-order valence-electron chi connectivity index (χ0n) is 42.9. The molecule has 0 bridgehead atoms. The van der Waals surface area contributed by atoms with Crippen molar-refractivity contribution in [3.05, 3.63) is 0 Å². The van der Waals surface area contributed by atoms with E-state index in [0.717, 1.165) is 52.4 Å². The van der Waals surface area contributed by atoms with Crippen LogP contribution in [0, 0.1) is 45.3 Å². The minimum Gasteiger partial charge on any atom is -0.468 e. The smallest absolute Gasteiger partial charge is 0.323 e. The number of hydrogen-bond donors (Lipinski definition) is 1. The average molecular weight is 952 g/mol. The summed E-state index contributed by atoms with van der Waals surface area (Å²) in [6.07, 6.45) is -0.557. The molecule has 67 heavy (non-hydrogen) atoms. The van der Waals surface area contributed by atoms with E-state index >= 15 is 0 Å². The monoisotopic (exact) mass is 952 g/mol. The first-order valence-electron chi connectivity index (χ1n) is 24.1. The highest BCUT2D eigenvalue weighted by Gasteiger charge is 2.65. The lowest BCUT2D eigenvalue weighted by Crippen LogP contribution is -2.64. The molecule has 17 heteroatoms. The Bertz CT molecular complexity index is 1800. The Kier molecular flexibility index (Phi) is 18.5. The summed E-state index contributed by atoms with van der Waals surface area (Å²) >= 11 is 0. The van der Waals surface area contributed by atoms with Gasteiger partial charge in [0.05, 0.1) is 19.3 Å². The summed E-state index contributed by atoms with van der Waals surface area (Å²) in [5.41, 5.74) is -2.13. The zero-order chi connectivity index (χ0) is 50.4. The van der Waals surface area contributed by atoms with E-state index in [4.69, 9.17) is 42.6 Å². The van der Waals surface area contributed by atoms with Crippen LogP contribution >= 0.6 is 0 Å². The maximum atomic E-state index is 12.9. The Morgan fingerprint density at radius 2 is 1.27 bits per heavy atom. The second-order valence-corrected chi connectivity index (χ2v) is 21.7. The molecule has 1 N–H and O–H groups in total. The molecule has 17 nitrogen and oxygen atoms in total. The fourth-order valence-corrected chi connectivity index (χ4v) is 13.0. The van der Waals surface area contributed by atoms with E-state index in [2.05, 4.69) is 39.9 Å². The van der Waals surface area contributed by atoms with Gasteiger partial charge in [0.2, 0.25) is 0 Å². The number of carbonyl (C=O) groups is 7. The molecule has 0 aromatic carbocycles. The Labute approximate surface area is 397 Å². The Hall–Kier alpha value is -3.83. The molecular formula is C50H81NO16. The molecule has 1 saturated heterocycles. The van der Waals surface area contributed by atoms with Crippen molar-refractivity contribution < 1.29 is 76.2 Å². The molecule has 3 saturated carbocycles. The van der Waals surface area contributed by atoms with Crippen molar-refractivity contribution in [3.8, 4) is 0 Å². The van der Waals surface area contributed by atoms with Crippen LogP contribution in [0.3, 0.4) is 0 Å². The topological polar surface area (TPSA) is 215 Å². The normalized spacial score (nSPS) is 34.9. The van der Waals surface area contributed by atoms with Crippen molar-refractivity contribution in [2.45, 2.75) is 203 Å². The van der Waals surface area contributed by atoms with E-state index in [0.29, 0.717) is 31.7 Å². The quantitative estimate of drug-likeness (QED) is 0.0823. The summed E-state index contributed by atoms with van der Waals surface area (Å²) in [6.45, 7) is 24.9. The van der Waals surface area contributed by atoms with Crippen LogP contribution < -0.4 is 5.32 Å². The lowest BCUT2D eigenvalue weighted by Gasteiger charge is -2.63. The summed E-state index contributed by atoms with van der Waals surface area (Å²) in [5.74, 6) is -4.36. The van der Waals surface area contributed by atoms with Gasteiger partial charge in [-0.15, -0.1) is 0 Å². The Morgan fingerprint density at radius 1 is 0.701 bits per heavy atom. The van der Waals surface area contributed by atoms with E-state index in [1.165, 1.54) is 34.8 Å². The van der Waals surface area contributed by atoms with Crippen LogP contribution in [-0.4, -0.2) is 117 Å². The maximum absolute atomic E-state index is 12.9. The highest BCUT2D eigenvalue weighted by atomic mass is 16.7. The van der Waals surface area contributed by atoms with Crippen LogP contribution in [0.2, 0.25) is 0 Å². The molecular weight excluding hydrogens is 871 g/mol. The molecule has 0 spiro atoms. The van der Waals surface area contributed by atoms with Crippen molar-refractivity contribution in [3.63, 3.8) is 0 Å². The van der Waals surface area contributed by atoms with Crippen LogP contribution in [0.4, 0.5) is 0 Å². The molecule has 1 aliphatic heterocycles. The lowest BCUT2D eigenvalue weighted by molar-refractivity contribution is -0.337. The minimum absolute atomic E-state index is 0.0728. The van der Waals surface area contributed by atoms with Gasteiger partial charge in [-0.05, 0) is 105 Å². The summed E-state index contributed by atoms with van der Waals surface area (Å²) in [4.78, 5) is 88.1. The number of methoxy groups -OCH3 is 1. The van der Waals surface area contributed by atoms with Crippen molar-refractivity contribution in [2.24, 2.45) is 45.3 Å². The summed E-state index contributed by atoms with van der Waals surface area (Å²) in [5, 5.41) is 3.35. The van der Waals surface area contributed by atoms with E-state index in [1.54, 1.807) is 0 Å². The molecule has 0 amide bonds.